The highest BCUT2D eigenvalue weighted by Gasteiger charge is 2.21. The van der Waals surface area contributed by atoms with Gasteiger partial charge in [-0.15, -0.1) is 0 Å². The van der Waals surface area contributed by atoms with E-state index in [1.165, 1.54) is 16.7 Å². The number of ether oxygens (including phenoxy) is 1. The van der Waals surface area contributed by atoms with Crippen molar-refractivity contribution < 1.29 is 9.53 Å². The van der Waals surface area contributed by atoms with Crippen LogP contribution >= 0.6 is 0 Å². The van der Waals surface area contributed by atoms with Gasteiger partial charge in [0.2, 0.25) is 0 Å². The first-order valence-electron chi connectivity index (χ1n) is 8.93. The Balaban J connectivity index is 2.09. The smallest absolute Gasteiger partial charge is 0.261 e. The second kappa shape index (κ2) is 8.19. The van der Waals surface area contributed by atoms with Gasteiger partial charge in [0.25, 0.3) is 5.91 Å². The molecule has 25 heavy (non-hydrogen) atoms. The molecule has 0 heterocycles. The molecule has 3 heteroatoms. The Morgan fingerprint density at radius 2 is 1.64 bits per heavy atom. The zero-order valence-electron chi connectivity index (χ0n) is 16.1. The molecule has 1 N–H and O–H groups in total. The van der Waals surface area contributed by atoms with E-state index < -0.39 is 6.10 Å². The second-order valence-electron chi connectivity index (χ2n) is 6.86. The highest BCUT2D eigenvalue weighted by atomic mass is 16.5. The van der Waals surface area contributed by atoms with Crippen LogP contribution < -0.4 is 10.1 Å². The van der Waals surface area contributed by atoms with Crippen LogP contribution in [0.3, 0.4) is 0 Å². The van der Waals surface area contributed by atoms with Gasteiger partial charge in [0.1, 0.15) is 5.75 Å². The summed E-state index contributed by atoms with van der Waals surface area (Å²) in [4.78, 5) is 12.6. The van der Waals surface area contributed by atoms with Crippen LogP contribution in [-0.2, 0) is 4.79 Å². The molecular weight excluding hydrogens is 310 g/mol. The Morgan fingerprint density at radius 1 is 1.00 bits per heavy atom. The zero-order chi connectivity index (χ0) is 18.6. The predicted molar refractivity (Wildman–Crippen MR) is 103 cm³/mol. The molecule has 0 bridgehead atoms. The molecule has 0 fully saturated rings. The molecule has 0 saturated carbocycles. The van der Waals surface area contributed by atoms with Crippen molar-refractivity contribution in [3.8, 4) is 5.75 Å². The first-order chi connectivity index (χ1) is 11.8. The van der Waals surface area contributed by atoms with Crippen molar-refractivity contribution in [2.24, 2.45) is 0 Å². The minimum atomic E-state index is -0.541. The van der Waals surface area contributed by atoms with Crippen LogP contribution in [0.5, 0.6) is 5.75 Å². The zero-order valence-corrected chi connectivity index (χ0v) is 16.1. The molecule has 2 atom stereocenters. The minimum absolute atomic E-state index is 0.00208. The lowest BCUT2D eigenvalue weighted by atomic mass is 9.97. The third-order valence-electron chi connectivity index (χ3n) is 4.54. The average molecular weight is 339 g/mol. The second-order valence-corrected chi connectivity index (χ2v) is 6.86. The summed E-state index contributed by atoms with van der Waals surface area (Å²) in [6.07, 6.45) is 0.298. The van der Waals surface area contributed by atoms with E-state index in [0.717, 1.165) is 23.3 Å². The summed E-state index contributed by atoms with van der Waals surface area (Å²) in [5.74, 6) is 0.676. The highest BCUT2D eigenvalue weighted by Crippen LogP contribution is 2.23. The third kappa shape index (κ3) is 4.85. The fourth-order valence-electron chi connectivity index (χ4n) is 2.98. The minimum Gasteiger partial charge on any atom is -0.481 e. The van der Waals surface area contributed by atoms with Gasteiger partial charge in [0, 0.05) is 0 Å². The largest absolute Gasteiger partial charge is 0.481 e. The number of rotatable bonds is 6. The van der Waals surface area contributed by atoms with E-state index in [1.807, 2.05) is 32.0 Å². The normalized spacial score (nSPS) is 13.2. The maximum Gasteiger partial charge on any atom is 0.261 e. The predicted octanol–water partition coefficient (Wildman–Crippen LogP) is 4.96. The van der Waals surface area contributed by atoms with Crippen molar-refractivity contribution in [2.45, 2.75) is 60.1 Å². The number of carbonyl (C=O) groups is 1. The standard InChI is InChI=1S/C22H29NO2/c1-7-20(19-11-9-14(2)12-17(19)5)23-22(24)18(6)25-21-13-15(3)8-10-16(21)4/h8-13,18,20H,7H2,1-6H3,(H,23,24)/t18-,20-/m1/s1. The lowest BCUT2D eigenvalue weighted by molar-refractivity contribution is -0.128. The first-order valence-corrected chi connectivity index (χ1v) is 8.93. The Bertz CT molecular complexity index is 752. The lowest BCUT2D eigenvalue weighted by Gasteiger charge is -2.23. The van der Waals surface area contributed by atoms with Gasteiger partial charge in [-0.05, 0) is 69.4 Å². The van der Waals surface area contributed by atoms with Gasteiger partial charge in [-0.3, -0.25) is 4.79 Å². The summed E-state index contributed by atoms with van der Waals surface area (Å²) in [6, 6.07) is 12.4. The number of hydrogen-bond acceptors (Lipinski definition) is 2. The van der Waals surface area contributed by atoms with E-state index in [4.69, 9.17) is 4.74 Å². The molecule has 0 unspecified atom stereocenters. The number of carbonyl (C=O) groups excluding carboxylic acids is 1. The van der Waals surface area contributed by atoms with Crippen LogP contribution in [0.2, 0.25) is 0 Å². The van der Waals surface area contributed by atoms with Gasteiger partial charge < -0.3 is 10.1 Å². The molecule has 0 spiro atoms. The Hall–Kier alpha value is -2.29. The molecule has 0 aromatic heterocycles. The molecule has 0 saturated heterocycles. The average Bonchev–Trinajstić information content (AvgIpc) is 2.56. The van der Waals surface area contributed by atoms with Gasteiger partial charge in [-0.25, -0.2) is 0 Å². The molecule has 0 radical (unpaired) electrons. The van der Waals surface area contributed by atoms with Crippen molar-refractivity contribution in [3.63, 3.8) is 0 Å². The van der Waals surface area contributed by atoms with Gasteiger partial charge in [0.15, 0.2) is 6.10 Å². The van der Waals surface area contributed by atoms with Crippen molar-refractivity contribution in [1.82, 2.24) is 5.32 Å². The van der Waals surface area contributed by atoms with Crippen LogP contribution in [0.25, 0.3) is 0 Å². The number of amides is 1. The molecule has 3 nitrogen and oxygen atoms in total. The van der Waals surface area contributed by atoms with Crippen LogP contribution in [-0.4, -0.2) is 12.0 Å². The molecule has 2 rings (SSSR count). The van der Waals surface area contributed by atoms with E-state index in [1.54, 1.807) is 6.92 Å². The topological polar surface area (TPSA) is 38.3 Å². The molecule has 0 aliphatic heterocycles. The van der Waals surface area contributed by atoms with Crippen LogP contribution in [0, 0.1) is 27.7 Å². The summed E-state index contributed by atoms with van der Waals surface area (Å²) >= 11 is 0. The van der Waals surface area contributed by atoms with Crippen molar-refractivity contribution in [3.05, 3.63) is 64.2 Å². The van der Waals surface area contributed by atoms with E-state index >= 15 is 0 Å². The van der Waals surface area contributed by atoms with Crippen LogP contribution in [0.15, 0.2) is 36.4 Å². The summed E-state index contributed by atoms with van der Waals surface area (Å²) in [5.41, 5.74) is 5.76. The third-order valence-corrected chi connectivity index (χ3v) is 4.54. The Morgan fingerprint density at radius 3 is 2.28 bits per heavy atom. The molecule has 2 aromatic carbocycles. The molecular formula is C22H29NO2. The number of nitrogens with one attached hydrogen (secondary N) is 1. The molecule has 0 aliphatic carbocycles. The maximum absolute atomic E-state index is 12.6. The summed E-state index contributed by atoms with van der Waals surface area (Å²) in [7, 11) is 0. The summed E-state index contributed by atoms with van der Waals surface area (Å²) in [5, 5.41) is 3.13. The summed E-state index contributed by atoms with van der Waals surface area (Å²) < 4.78 is 5.91. The van der Waals surface area contributed by atoms with Gasteiger partial charge in [-0.2, -0.15) is 0 Å². The van der Waals surface area contributed by atoms with E-state index in [9.17, 15) is 4.79 Å². The van der Waals surface area contributed by atoms with Crippen molar-refractivity contribution in [2.75, 3.05) is 0 Å². The maximum atomic E-state index is 12.6. The van der Waals surface area contributed by atoms with Gasteiger partial charge in [-0.1, -0.05) is 42.8 Å². The first kappa shape index (κ1) is 19.0. The van der Waals surface area contributed by atoms with Crippen LogP contribution in [0.1, 0.15) is 54.1 Å². The van der Waals surface area contributed by atoms with Crippen molar-refractivity contribution in [1.29, 1.82) is 0 Å². The fraction of sp³-hybridized carbons (Fsp3) is 0.409. The highest BCUT2D eigenvalue weighted by molar-refractivity contribution is 5.81. The van der Waals surface area contributed by atoms with Crippen molar-refractivity contribution >= 4 is 5.91 Å². The van der Waals surface area contributed by atoms with E-state index in [2.05, 4.69) is 44.3 Å². The molecule has 134 valence electrons. The number of hydrogen-bond donors (Lipinski definition) is 1. The monoisotopic (exact) mass is 339 g/mol. The quantitative estimate of drug-likeness (QED) is 0.808. The number of benzene rings is 2. The molecule has 0 aliphatic rings. The van der Waals surface area contributed by atoms with Crippen LogP contribution in [0.4, 0.5) is 0 Å². The van der Waals surface area contributed by atoms with Gasteiger partial charge in [0.05, 0.1) is 6.04 Å². The summed E-state index contributed by atoms with van der Waals surface area (Å²) in [6.45, 7) is 12.1. The molecule has 2 aromatic rings. The lowest BCUT2D eigenvalue weighted by Crippen LogP contribution is -2.38. The Kier molecular flexibility index (Phi) is 6.24. The van der Waals surface area contributed by atoms with E-state index in [-0.39, 0.29) is 11.9 Å². The van der Waals surface area contributed by atoms with Gasteiger partial charge >= 0.3 is 0 Å². The van der Waals surface area contributed by atoms with E-state index in [0.29, 0.717) is 0 Å². The SMILES string of the molecule is CC[C@@H](NC(=O)[C@@H](C)Oc1cc(C)ccc1C)c1ccc(C)cc1C. The fourth-order valence-corrected chi connectivity index (χ4v) is 2.98. The number of aryl methyl sites for hydroxylation is 4. The Labute approximate surface area is 151 Å². The molecule has 1 amide bonds.